The number of phenolic OH excluding ortho intramolecular Hbond substituents is 1. The van der Waals surface area contributed by atoms with Crippen LogP contribution in [0, 0.1) is 13.8 Å². The predicted octanol–water partition coefficient (Wildman–Crippen LogP) is 4.43. The van der Waals surface area contributed by atoms with Gasteiger partial charge >= 0.3 is 0 Å². The molecule has 0 amide bonds. The summed E-state index contributed by atoms with van der Waals surface area (Å²) in [6, 6.07) is 14.0. The summed E-state index contributed by atoms with van der Waals surface area (Å²) >= 11 is 0. The van der Waals surface area contributed by atoms with Crippen LogP contribution in [0.3, 0.4) is 0 Å². The van der Waals surface area contributed by atoms with Crippen molar-refractivity contribution in [2.24, 2.45) is 0 Å². The lowest BCUT2D eigenvalue weighted by molar-refractivity contribution is 0.471. The van der Waals surface area contributed by atoms with Crippen LogP contribution in [-0.2, 0) is 0 Å². The zero-order valence-electron chi connectivity index (χ0n) is 10.1. The molecule has 0 atom stereocenters. The minimum atomic E-state index is 0. The van der Waals surface area contributed by atoms with Crippen molar-refractivity contribution in [2.75, 3.05) is 0 Å². The van der Waals surface area contributed by atoms with Crippen LogP contribution in [0.5, 0.6) is 5.75 Å². The maximum atomic E-state index is 9.60. The quantitative estimate of drug-likeness (QED) is 0.751. The first kappa shape index (κ1) is 11.5. The number of hydrogen-bond acceptors (Lipinski definition) is 1. The number of hydrogen-bond donors (Lipinski definition) is 1. The van der Waals surface area contributed by atoms with Crippen LogP contribution >= 0.6 is 0 Å². The van der Waals surface area contributed by atoms with E-state index in [2.05, 4.69) is 31.2 Å². The first-order chi connectivity index (χ1) is 8.15. The van der Waals surface area contributed by atoms with Crippen molar-refractivity contribution < 1.29 is 6.53 Å². The molecule has 88 valence electrons. The Morgan fingerprint density at radius 2 is 1.47 bits per heavy atom. The summed E-state index contributed by atoms with van der Waals surface area (Å²) in [6.07, 6.45) is 4.05. The molecule has 1 N–H and O–H groups in total. The van der Waals surface area contributed by atoms with Crippen molar-refractivity contribution in [3.05, 3.63) is 64.7 Å². The lowest BCUT2D eigenvalue weighted by atomic mass is 10.1. The van der Waals surface area contributed by atoms with Gasteiger partial charge in [-0.2, -0.15) is 0 Å². The fourth-order valence-corrected chi connectivity index (χ4v) is 1.60. The molecule has 0 aromatic heterocycles. The lowest BCUT2D eigenvalue weighted by Crippen LogP contribution is -1.77. The van der Waals surface area contributed by atoms with Gasteiger partial charge in [0, 0.05) is 1.43 Å². The summed E-state index contributed by atoms with van der Waals surface area (Å²) in [5, 5.41) is 9.60. The number of rotatable bonds is 2. The van der Waals surface area contributed by atoms with E-state index in [9.17, 15) is 5.11 Å². The monoisotopic (exact) mass is 226 g/mol. The highest BCUT2D eigenvalue weighted by Gasteiger charge is 1.95. The topological polar surface area (TPSA) is 20.2 Å². The van der Waals surface area contributed by atoms with E-state index in [0.29, 0.717) is 5.75 Å². The minimum absolute atomic E-state index is 0. The predicted molar refractivity (Wildman–Crippen MR) is 75.1 cm³/mol. The first-order valence-corrected chi connectivity index (χ1v) is 5.69. The molecule has 2 rings (SSSR count). The van der Waals surface area contributed by atoms with E-state index in [0.717, 1.165) is 16.7 Å². The SMILES string of the molecule is Cc1ccc(/C=C/c2ccc(C)c(O)c2)cc1.[HH]. The van der Waals surface area contributed by atoms with Crippen molar-refractivity contribution in [1.82, 2.24) is 0 Å². The van der Waals surface area contributed by atoms with Gasteiger partial charge in [0.05, 0.1) is 0 Å². The molecule has 2 aromatic carbocycles. The Morgan fingerprint density at radius 1 is 0.882 bits per heavy atom. The van der Waals surface area contributed by atoms with Gasteiger partial charge in [0.25, 0.3) is 0 Å². The van der Waals surface area contributed by atoms with Crippen LogP contribution in [0.2, 0.25) is 0 Å². The Bertz CT molecular complexity index is 542. The number of aromatic hydroxyl groups is 1. The normalized spacial score (nSPS) is 10.9. The average Bonchev–Trinajstić information content (AvgIpc) is 2.33. The summed E-state index contributed by atoms with van der Waals surface area (Å²) in [7, 11) is 0. The van der Waals surface area contributed by atoms with Crippen LogP contribution in [0.4, 0.5) is 0 Å². The molecule has 0 unspecified atom stereocenters. The summed E-state index contributed by atoms with van der Waals surface area (Å²) in [5.74, 6) is 0.344. The van der Waals surface area contributed by atoms with E-state index >= 15 is 0 Å². The highest BCUT2D eigenvalue weighted by Crippen LogP contribution is 2.19. The number of benzene rings is 2. The molecule has 0 bridgehead atoms. The van der Waals surface area contributed by atoms with Gasteiger partial charge in [0.2, 0.25) is 0 Å². The summed E-state index contributed by atoms with van der Waals surface area (Å²) in [5.41, 5.74) is 4.33. The molecule has 0 aliphatic heterocycles. The van der Waals surface area contributed by atoms with Crippen LogP contribution < -0.4 is 0 Å². The van der Waals surface area contributed by atoms with Gasteiger partial charge in [-0.3, -0.25) is 0 Å². The fraction of sp³-hybridized carbons (Fsp3) is 0.125. The van der Waals surface area contributed by atoms with Gasteiger partial charge in [-0.05, 0) is 36.6 Å². The first-order valence-electron chi connectivity index (χ1n) is 5.69. The molecule has 0 spiro atoms. The number of phenols is 1. The van der Waals surface area contributed by atoms with Gasteiger partial charge in [-0.1, -0.05) is 54.1 Å². The van der Waals surface area contributed by atoms with Gasteiger partial charge in [-0.15, -0.1) is 0 Å². The molecule has 0 aliphatic rings. The van der Waals surface area contributed by atoms with E-state index in [-0.39, 0.29) is 1.43 Å². The van der Waals surface area contributed by atoms with E-state index in [1.807, 2.05) is 31.2 Å². The Balaban J connectivity index is 0.00000162. The molecule has 1 heteroatoms. The molecule has 1 nitrogen and oxygen atoms in total. The largest absolute Gasteiger partial charge is 0.508 e. The van der Waals surface area contributed by atoms with Crippen molar-refractivity contribution in [1.29, 1.82) is 0 Å². The third-order valence-electron chi connectivity index (χ3n) is 2.78. The van der Waals surface area contributed by atoms with E-state index in [4.69, 9.17) is 0 Å². The molecule has 0 saturated carbocycles. The van der Waals surface area contributed by atoms with Gasteiger partial charge in [-0.25, -0.2) is 0 Å². The Hall–Kier alpha value is -2.02. The third-order valence-corrected chi connectivity index (χ3v) is 2.78. The summed E-state index contributed by atoms with van der Waals surface area (Å²) in [6.45, 7) is 3.97. The van der Waals surface area contributed by atoms with Crippen molar-refractivity contribution in [3.63, 3.8) is 0 Å². The van der Waals surface area contributed by atoms with Crippen LogP contribution in [-0.4, -0.2) is 5.11 Å². The van der Waals surface area contributed by atoms with Gasteiger partial charge in [0.1, 0.15) is 5.75 Å². The van der Waals surface area contributed by atoms with E-state index < -0.39 is 0 Å². The molecule has 17 heavy (non-hydrogen) atoms. The van der Waals surface area contributed by atoms with Crippen molar-refractivity contribution in [3.8, 4) is 5.75 Å². The second-order valence-corrected chi connectivity index (χ2v) is 4.29. The zero-order chi connectivity index (χ0) is 12.3. The smallest absolute Gasteiger partial charge is 0.119 e. The molecule has 0 heterocycles. The standard InChI is InChI=1S/C16H16O.H2/c1-12-3-6-14(7-4-12)9-10-15-8-5-13(2)16(17)11-15;/h3-11,17H,1-2H3;1H/b10-9+;. The Kier molecular flexibility index (Phi) is 3.29. The second-order valence-electron chi connectivity index (χ2n) is 4.29. The Labute approximate surface area is 104 Å². The maximum Gasteiger partial charge on any atom is 0.119 e. The van der Waals surface area contributed by atoms with Crippen molar-refractivity contribution in [2.45, 2.75) is 13.8 Å². The van der Waals surface area contributed by atoms with Crippen LogP contribution in [0.15, 0.2) is 42.5 Å². The molecule has 2 aromatic rings. The number of aryl methyl sites for hydroxylation is 2. The molecular weight excluding hydrogens is 208 g/mol. The zero-order valence-corrected chi connectivity index (χ0v) is 10.1. The molecule has 0 aliphatic carbocycles. The van der Waals surface area contributed by atoms with Crippen molar-refractivity contribution >= 4 is 12.2 Å². The molecular formula is C16H18O. The summed E-state index contributed by atoms with van der Waals surface area (Å²) in [4.78, 5) is 0. The molecule has 0 fully saturated rings. The van der Waals surface area contributed by atoms with Crippen LogP contribution in [0.1, 0.15) is 23.7 Å². The molecule has 0 saturated heterocycles. The van der Waals surface area contributed by atoms with Gasteiger partial charge < -0.3 is 5.11 Å². The van der Waals surface area contributed by atoms with E-state index in [1.165, 1.54) is 5.56 Å². The van der Waals surface area contributed by atoms with Gasteiger partial charge in [0.15, 0.2) is 0 Å². The highest BCUT2D eigenvalue weighted by atomic mass is 16.3. The lowest BCUT2D eigenvalue weighted by Gasteiger charge is -2.00. The highest BCUT2D eigenvalue weighted by molar-refractivity contribution is 5.70. The third kappa shape index (κ3) is 2.97. The summed E-state index contributed by atoms with van der Waals surface area (Å²) < 4.78 is 0. The second kappa shape index (κ2) is 4.88. The Morgan fingerprint density at radius 3 is 2.12 bits per heavy atom. The molecule has 0 radical (unpaired) electrons. The fourth-order valence-electron chi connectivity index (χ4n) is 1.60. The maximum absolute atomic E-state index is 9.60. The minimum Gasteiger partial charge on any atom is -0.508 e. The van der Waals surface area contributed by atoms with E-state index in [1.54, 1.807) is 6.07 Å². The average molecular weight is 226 g/mol. The van der Waals surface area contributed by atoms with Crippen LogP contribution in [0.25, 0.3) is 12.2 Å².